The monoisotopic (exact) mass is 392 g/mol. The Hall–Kier alpha value is -1.65. The Morgan fingerprint density at radius 2 is 1.73 bits per heavy atom. The van der Waals surface area contributed by atoms with Crippen LogP contribution in [0.1, 0.15) is 39.2 Å². The fourth-order valence-electron chi connectivity index (χ4n) is 2.57. The van der Waals surface area contributed by atoms with Gasteiger partial charge >= 0.3 is 5.97 Å². The van der Waals surface area contributed by atoms with Crippen molar-refractivity contribution in [3.63, 3.8) is 0 Å². The van der Waals surface area contributed by atoms with Crippen molar-refractivity contribution in [2.24, 2.45) is 0 Å². The first-order valence-electron chi connectivity index (χ1n) is 8.80. The number of ether oxygens (including phenoxy) is 2. The van der Waals surface area contributed by atoms with E-state index in [0.29, 0.717) is 18.8 Å². The highest BCUT2D eigenvalue weighted by Gasteiger charge is 2.36. The Labute approximate surface area is 165 Å². The second-order valence-electron chi connectivity index (χ2n) is 6.19. The third-order valence-corrected chi connectivity index (χ3v) is 5.26. The second-order valence-corrected chi connectivity index (χ2v) is 7.68. The maximum atomic E-state index is 12.2. The van der Waals surface area contributed by atoms with E-state index >= 15 is 0 Å². The molecule has 0 aliphatic rings. The van der Waals surface area contributed by atoms with Gasteiger partial charge in [-0.1, -0.05) is 37.1 Å². The number of halogens is 1. The number of thioether (sulfide) groups is 1. The van der Waals surface area contributed by atoms with Gasteiger partial charge in [0.15, 0.2) is 0 Å². The summed E-state index contributed by atoms with van der Waals surface area (Å²) < 4.78 is 11.2. The number of carbonyl (C=O) groups is 1. The Morgan fingerprint density at radius 1 is 1.08 bits per heavy atom. The molecule has 2 aromatic rings. The van der Waals surface area contributed by atoms with Crippen LogP contribution in [0.15, 0.2) is 53.4 Å². The number of hydrogen-bond acceptors (Lipinski definition) is 4. The molecule has 2 rings (SSSR count). The number of esters is 1. The van der Waals surface area contributed by atoms with Crippen LogP contribution in [0.25, 0.3) is 0 Å². The van der Waals surface area contributed by atoms with Gasteiger partial charge in [-0.15, -0.1) is 11.8 Å². The Morgan fingerprint density at radius 3 is 2.31 bits per heavy atom. The van der Waals surface area contributed by atoms with E-state index in [0.717, 1.165) is 22.1 Å². The van der Waals surface area contributed by atoms with Crippen molar-refractivity contribution >= 4 is 29.3 Å². The quantitative estimate of drug-likeness (QED) is 0.379. The highest BCUT2D eigenvalue weighted by atomic mass is 35.5. The van der Waals surface area contributed by atoms with Gasteiger partial charge in [0.05, 0.1) is 6.61 Å². The standard InChI is InChI=1S/C21H25ClO3S/c1-4-14-21(3,20(23)24-5-2)25-18-10-12-19(13-11-18)26-15-16-6-8-17(22)9-7-16/h6-13H,4-5,14-15H2,1-3H3. The van der Waals surface area contributed by atoms with E-state index in [1.807, 2.05) is 55.5 Å². The molecule has 2 aromatic carbocycles. The van der Waals surface area contributed by atoms with Gasteiger partial charge in [0.1, 0.15) is 5.75 Å². The van der Waals surface area contributed by atoms with Crippen molar-refractivity contribution < 1.29 is 14.3 Å². The molecule has 3 nitrogen and oxygen atoms in total. The zero-order valence-electron chi connectivity index (χ0n) is 15.5. The molecular formula is C21H25ClO3S. The molecule has 0 spiro atoms. The Balaban J connectivity index is 1.98. The molecule has 0 aliphatic heterocycles. The van der Waals surface area contributed by atoms with Crippen LogP contribution >= 0.6 is 23.4 Å². The molecule has 0 aromatic heterocycles. The second kappa shape index (κ2) is 9.89. The predicted octanol–water partition coefficient (Wildman–Crippen LogP) is 6.13. The van der Waals surface area contributed by atoms with Gasteiger partial charge in [0, 0.05) is 15.7 Å². The number of hydrogen-bond donors (Lipinski definition) is 0. The number of rotatable bonds is 9. The molecule has 0 N–H and O–H groups in total. The average molecular weight is 393 g/mol. The summed E-state index contributed by atoms with van der Waals surface area (Å²) >= 11 is 7.65. The van der Waals surface area contributed by atoms with E-state index in [1.54, 1.807) is 25.6 Å². The van der Waals surface area contributed by atoms with Gasteiger partial charge in [0.25, 0.3) is 0 Å². The molecule has 140 valence electrons. The molecule has 0 radical (unpaired) electrons. The Kier molecular flexibility index (Phi) is 7.85. The minimum Gasteiger partial charge on any atom is -0.476 e. The summed E-state index contributed by atoms with van der Waals surface area (Å²) in [5.41, 5.74) is 0.264. The molecule has 1 unspecified atom stereocenters. The van der Waals surface area contributed by atoms with Gasteiger partial charge < -0.3 is 9.47 Å². The molecule has 0 saturated carbocycles. The maximum absolute atomic E-state index is 12.2. The summed E-state index contributed by atoms with van der Waals surface area (Å²) in [6, 6.07) is 15.7. The van der Waals surface area contributed by atoms with Crippen molar-refractivity contribution in [3.05, 3.63) is 59.1 Å². The summed E-state index contributed by atoms with van der Waals surface area (Å²) in [6.45, 7) is 5.97. The lowest BCUT2D eigenvalue weighted by atomic mass is 10.0. The largest absolute Gasteiger partial charge is 0.476 e. The summed E-state index contributed by atoms with van der Waals surface area (Å²) in [5.74, 6) is 1.22. The highest BCUT2D eigenvalue weighted by molar-refractivity contribution is 7.98. The molecular weight excluding hydrogens is 368 g/mol. The van der Waals surface area contributed by atoms with E-state index in [1.165, 1.54) is 5.56 Å². The lowest BCUT2D eigenvalue weighted by molar-refractivity contribution is -0.160. The van der Waals surface area contributed by atoms with E-state index in [2.05, 4.69) is 0 Å². The minimum absolute atomic E-state index is 0.317. The predicted molar refractivity (Wildman–Crippen MR) is 108 cm³/mol. The van der Waals surface area contributed by atoms with Crippen LogP contribution in [-0.2, 0) is 15.3 Å². The minimum atomic E-state index is -0.956. The highest BCUT2D eigenvalue weighted by Crippen LogP contribution is 2.28. The first-order chi connectivity index (χ1) is 12.5. The summed E-state index contributed by atoms with van der Waals surface area (Å²) in [6.07, 6.45) is 1.45. The normalized spacial score (nSPS) is 13.1. The van der Waals surface area contributed by atoms with E-state index in [-0.39, 0.29) is 5.97 Å². The van der Waals surface area contributed by atoms with Crippen LogP contribution < -0.4 is 4.74 Å². The zero-order chi connectivity index (χ0) is 19.0. The average Bonchev–Trinajstić information content (AvgIpc) is 2.63. The zero-order valence-corrected chi connectivity index (χ0v) is 17.0. The first kappa shape index (κ1) is 20.7. The third-order valence-electron chi connectivity index (χ3n) is 3.92. The van der Waals surface area contributed by atoms with Crippen molar-refractivity contribution in [3.8, 4) is 5.75 Å². The number of benzene rings is 2. The van der Waals surface area contributed by atoms with Crippen LogP contribution in [0.2, 0.25) is 5.02 Å². The topological polar surface area (TPSA) is 35.5 Å². The van der Waals surface area contributed by atoms with Gasteiger partial charge in [-0.05, 0) is 62.2 Å². The van der Waals surface area contributed by atoms with Crippen molar-refractivity contribution in [1.29, 1.82) is 0 Å². The van der Waals surface area contributed by atoms with Gasteiger partial charge in [-0.2, -0.15) is 0 Å². The molecule has 0 bridgehead atoms. The lowest BCUT2D eigenvalue weighted by Crippen LogP contribution is -2.42. The van der Waals surface area contributed by atoms with E-state index < -0.39 is 5.60 Å². The van der Waals surface area contributed by atoms with Crippen LogP contribution in [0, 0.1) is 0 Å². The van der Waals surface area contributed by atoms with Crippen molar-refractivity contribution in [1.82, 2.24) is 0 Å². The van der Waals surface area contributed by atoms with Crippen LogP contribution in [0.3, 0.4) is 0 Å². The fraction of sp³-hybridized carbons (Fsp3) is 0.381. The van der Waals surface area contributed by atoms with Crippen LogP contribution in [0.4, 0.5) is 0 Å². The first-order valence-corrected chi connectivity index (χ1v) is 10.2. The van der Waals surface area contributed by atoms with Gasteiger partial charge in [-0.3, -0.25) is 0 Å². The molecule has 0 saturated heterocycles. The maximum Gasteiger partial charge on any atom is 0.350 e. The molecule has 5 heteroatoms. The SMILES string of the molecule is CCCC(C)(Oc1ccc(SCc2ccc(Cl)cc2)cc1)C(=O)OCC. The molecule has 1 atom stereocenters. The molecule has 0 amide bonds. The summed E-state index contributed by atoms with van der Waals surface area (Å²) in [4.78, 5) is 13.4. The molecule has 0 heterocycles. The summed E-state index contributed by atoms with van der Waals surface area (Å²) in [7, 11) is 0. The molecule has 0 aliphatic carbocycles. The fourth-order valence-corrected chi connectivity index (χ4v) is 3.55. The Bertz CT molecular complexity index is 700. The number of carbonyl (C=O) groups excluding carboxylic acids is 1. The third kappa shape index (κ3) is 5.96. The lowest BCUT2D eigenvalue weighted by Gasteiger charge is -2.28. The van der Waals surface area contributed by atoms with Crippen LogP contribution in [0.5, 0.6) is 5.75 Å². The molecule has 0 fully saturated rings. The molecule has 26 heavy (non-hydrogen) atoms. The van der Waals surface area contributed by atoms with Crippen molar-refractivity contribution in [2.45, 2.75) is 49.9 Å². The van der Waals surface area contributed by atoms with E-state index in [4.69, 9.17) is 21.1 Å². The van der Waals surface area contributed by atoms with Crippen LogP contribution in [-0.4, -0.2) is 18.2 Å². The van der Waals surface area contributed by atoms with Gasteiger partial charge in [0.2, 0.25) is 5.60 Å². The van der Waals surface area contributed by atoms with E-state index in [9.17, 15) is 4.79 Å². The smallest absolute Gasteiger partial charge is 0.350 e. The van der Waals surface area contributed by atoms with Gasteiger partial charge in [-0.25, -0.2) is 4.79 Å². The van der Waals surface area contributed by atoms with Crippen molar-refractivity contribution in [2.75, 3.05) is 6.61 Å². The summed E-state index contributed by atoms with van der Waals surface area (Å²) in [5, 5.41) is 0.747.